The minimum absolute atomic E-state index is 0.0136. The van der Waals surface area contributed by atoms with Gasteiger partial charge in [-0.2, -0.15) is 0 Å². The summed E-state index contributed by atoms with van der Waals surface area (Å²) in [6.07, 6.45) is 3.44. The maximum absolute atomic E-state index is 11.6. The second-order valence-corrected chi connectivity index (χ2v) is 4.96. The number of hydrogen-bond donors (Lipinski definition) is 1. The number of aliphatic hydroxyl groups is 1. The molecule has 2 rings (SSSR count). The van der Waals surface area contributed by atoms with Gasteiger partial charge in [0.25, 0.3) is 0 Å². The van der Waals surface area contributed by atoms with Gasteiger partial charge >= 0.3 is 0 Å². The molecule has 74 valence electrons. The summed E-state index contributed by atoms with van der Waals surface area (Å²) in [6, 6.07) is 0.0926. The maximum atomic E-state index is 11.6. The van der Waals surface area contributed by atoms with Crippen LogP contribution in [-0.2, 0) is 4.79 Å². The van der Waals surface area contributed by atoms with Gasteiger partial charge in [0.1, 0.15) is 0 Å². The van der Waals surface area contributed by atoms with Crippen LogP contribution in [0.1, 0.15) is 25.7 Å². The van der Waals surface area contributed by atoms with Crippen LogP contribution in [0, 0.1) is 0 Å². The molecule has 1 saturated carbocycles. The molecular formula is C9H14BrNO2. The molecule has 1 aliphatic carbocycles. The number of halogens is 1. The van der Waals surface area contributed by atoms with E-state index in [2.05, 4.69) is 15.9 Å². The molecule has 0 spiro atoms. The summed E-state index contributed by atoms with van der Waals surface area (Å²) in [4.78, 5) is 13.4. The lowest BCUT2D eigenvalue weighted by Crippen LogP contribution is -2.42. The lowest BCUT2D eigenvalue weighted by molar-refractivity contribution is -0.130. The number of hydrogen-bond acceptors (Lipinski definition) is 2. The Morgan fingerprint density at radius 2 is 2.15 bits per heavy atom. The average Bonchev–Trinajstić information content (AvgIpc) is 2.62. The first-order chi connectivity index (χ1) is 6.20. The van der Waals surface area contributed by atoms with Crippen LogP contribution in [0.3, 0.4) is 0 Å². The first-order valence-electron chi connectivity index (χ1n) is 4.83. The van der Waals surface area contributed by atoms with Crippen molar-refractivity contribution in [3.05, 3.63) is 0 Å². The summed E-state index contributed by atoms with van der Waals surface area (Å²) in [5.74, 6) is 0.158. The van der Waals surface area contributed by atoms with E-state index in [0.29, 0.717) is 0 Å². The van der Waals surface area contributed by atoms with Gasteiger partial charge in [-0.05, 0) is 25.7 Å². The number of carbonyl (C=O) groups is 1. The summed E-state index contributed by atoms with van der Waals surface area (Å²) in [5, 5.41) is 9.64. The Morgan fingerprint density at radius 3 is 2.62 bits per heavy atom. The highest BCUT2D eigenvalue weighted by atomic mass is 79.9. The SMILES string of the molecule is O=C1C(Br)CCN1C1CCCC1O. The smallest absolute Gasteiger partial charge is 0.236 e. The lowest BCUT2D eigenvalue weighted by atomic mass is 10.2. The number of amides is 1. The van der Waals surface area contributed by atoms with Crippen molar-refractivity contribution in [2.75, 3.05) is 6.54 Å². The molecule has 1 N–H and O–H groups in total. The zero-order valence-corrected chi connectivity index (χ0v) is 9.03. The highest BCUT2D eigenvalue weighted by molar-refractivity contribution is 9.10. The largest absolute Gasteiger partial charge is 0.391 e. The molecule has 0 bridgehead atoms. The fourth-order valence-electron chi connectivity index (χ4n) is 2.28. The second kappa shape index (κ2) is 3.58. The molecule has 13 heavy (non-hydrogen) atoms. The molecule has 1 aliphatic heterocycles. The minimum Gasteiger partial charge on any atom is -0.391 e. The van der Waals surface area contributed by atoms with E-state index in [4.69, 9.17) is 0 Å². The topological polar surface area (TPSA) is 40.5 Å². The highest BCUT2D eigenvalue weighted by Crippen LogP contribution is 2.29. The predicted octanol–water partition coefficient (Wildman–Crippen LogP) is 0.896. The van der Waals surface area contributed by atoms with Crippen molar-refractivity contribution in [3.8, 4) is 0 Å². The zero-order valence-electron chi connectivity index (χ0n) is 7.45. The van der Waals surface area contributed by atoms with E-state index in [-0.39, 0.29) is 22.9 Å². The fraction of sp³-hybridized carbons (Fsp3) is 0.889. The van der Waals surface area contributed by atoms with Gasteiger partial charge in [0.05, 0.1) is 17.0 Å². The summed E-state index contributed by atoms with van der Waals surface area (Å²) in [6.45, 7) is 0.802. The fourth-order valence-corrected chi connectivity index (χ4v) is 2.75. The number of alkyl halides is 1. The van der Waals surface area contributed by atoms with E-state index in [9.17, 15) is 9.90 Å². The first-order valence-corrected chi connectivity index (χ1v) is 5.74. The molecule has 0 aromatic rings. The Kier molecular flexibility index (Phi) is 2.60. The molecule has 2 fully saturated rings. The predicted molar refractivity (Wildman–Crippen MR) is 52.7 cm³/mol. The van der Waals surface area contributed by atoms with E-state index in [0.717, 1.165) is 32.2 Å². The molecule has 1 amide bonds. The van der Waals surface area contributed by atoms with Crippen LogP contribution in [-0.4, -0.2) is 39.4 Å². The van der Waals surface area contributed by atoms with Crippen LogP contribution >= 0.6 is 15.9 Å². The van der Waals surface area contributed by atoms with Gasteiger partial charge in [0.2, 0.25) is 5.91 Å². The molecule has 3 atom stereocenters. The van der Waals surface area contributed by atoms with Gasteiger partial charge < -0.3 is 10.0 Å². The maximum Gasteiger partial charge on any atom is 0.236 e. The van der Waals surface area contributed by atoms with Gasteiger partial charge in [-0.25, -0.2) is 0 Å². The number of aliphatic hydroxyl groups excluding tert-OH is 1. The molecule has 1 saturated heterocycles. The number of likely N-dealkylation sites (tertiary alicyclic amines) is 1. The Balaban J connectivity index is 2.04. The van der Waals surface area contributed by atoms with Gasteiger partial charge in [0.15, 0.2) is 0 Å². The van der Waals surface area contributed by atoms with E-state index < -0.39 is 0 Å². The van der Waals surface area contributed by atoms with Crippen LogP contribution in [0.5, 0.6) is 0 Å². The third-order valence-corrected chi connectivity index (χ3v) is 3.87. The van der Waals surface area contributed by atoms with Crippen molar-refractivity contribution >= 4 is 21.8 Å². The Bertz CT molecular complexity index is 222. The summed E-state index contributed by atoms with van der Waals surface area (Å²) < 4.78 is 0. The number of rotatable bonds is 1. The van der Waals surface area contributed by atoms with Gasteiger partial charge in [-0.1, -0.05) is 15.9 Å². The quantitative estimate of drug-likeness (QED) is 0.700. The molecule has 4 heteroatoms. The number of nitrogens with zero attached hydrogens (tertiary/aromatic N) is 1. The monoisotopic (exact) mass is 247 g/mol. The molecule has 1 heterocycles. The van der Waals surface area contributed by atoms with Crippen molar-refractivity contribution in [1.82, 2.24) is 4.90 Å². The van der Waals surface area contributed by atoms with Crippen molar-refractivity contribution in [3.63, 3.8) is 0 Å². The lowest BCUT2D eigenvalue weighted by Gasteiger charge is -2.26. The Labute approximate surface area is 86.2 Å². The average molecular weight is 248 g/mol. The van der Waals surface area contributed by atoms with E-state index in [1.54, 1.807) is 0 Å². The molecule has 0 aromatic carbocycles. The standard InChI is InChI=1S/C9H14BrNO2/c10-6-4-5-11(9(6)13)7-2-1-3-8(7)12/h6-8,12H,1-5H2. The van der Waals surface area contributed by atoms with Crippen molar-refractivity contribution < 1.29 is 9.90 Å². The Morgan fingerprint density at radius 1 is 1.38 bits per heavy atom. The van der Waals surface area contributed by atoms with Gasteiger partial charge in [0, 0.05) is 6.54 Å². The summed E-state index contributed by atoms with van der Waals surface area (Å²) >= 11 is 3.34. The molecule has 3 unspecified atom stereocenters. The normalized spacial score (nSPS) is 40.3. The van der Waals surface area contributed by atoms with E-state index >= 15 is 0 Å². The van der Waals surface area contributed by atoms with Crippen molar-refractivity contribution in [2.24, 2.45) is 0 Å². The van der Waals surface area contributed by atoms with Crippen molar-refractivity contribution in [2.45, 2.75) is 42.7 Å². The van der Waals surface area contributed by atoms with Gasteiger partial charge in [-0.15, -0.1) is 0 Å². The Hall–Kier alpha value is -0.0900. The molecule has 2 aliphatic rings. The van der Waals surface area contributed by atoms with Crippen LogP contribution in [0.2, 0.25) is 0 Å². The molecule has 0 radical (unpaired) electrons. The van der Waals surface area contributed by atoms with Crippen LogP contribution in [0.4, 0.5) is 0 Å². The first kappa shape index (κ1) is 9.46. The van der Waals surface area contributed by atoms with Crippen LogP contribution < -0.4 is 0 Å². The van der Waals surface area contributed by atoms with Gasteiger partial charge in [-0.3, -0.25) is 4.79 Å². The minimum atomic E-state index is -0.290. The zero-order chi connectivity index (χ0) is 9.42. The van der Waals surface area contributed by atoms with E-state index in [1.165, 1.54) is 0 Å². The van der Waals surface area contributed by atoms with Crippen LogP contribution in [0.15, 0.2) is 0 Å². The third kappa shape index (κ3) is 1.62. The summed E-state index contributed by atoms with van der Waals surface area (Å²) in [5.41, 5.74) is 0. The summed E-state index contributed by atoms with van der Waals surface area (Å²) in [7, 11) is 0. The molecule has 3 nitrogen and oxygen atoms in total. The number of carbonyl (C=O) groups excluding carboxylic acids is 1. The third-order valence-electron chi connectivity index (χ3n) is 3.02. The second-order valence-electron chi connectivity index (χ2n) is 3.85. The van der Waals surface area contributed by atoms with Crippen molar-refractivity contribution in [1.29, 1.82) is 0 Å². The molecule has 0 aromatic heterocycles. The highest BCUT2D eigenvalue weighted by Gasteiger charge is 2.39. The van der Waals surface area contributed by atoms with E-state index in [1.807, 2.05) is 4.90 Å². The molecular weight excluding hydrogens is 234 g/mol. The van der Waals surface area contributed by atoms with Crippen LogP contribution in [0.25, 0.3) is 0 Å².